The van der Waals surface area contributed by atoms with Gasteiger partial charge in [-0.25, -0.2) is 4.79 Å². The number of hydrogen-bond donors (Lipinski definition) is 1. The Hall–Kier alpha value is -1.62. The van der Waals surface area contributed by atoms with E-state index in [2.05, 4.69) is 10.3 Å². The summed E-state index contributed by atoms with van der Waals surface area (Å²) >= 11 is 0. The third-order valence-electron chi connectivity index (χ3n) is 5.13. The lowest BCUT2D eigenvalue weighted by Crippen LogP contribution is -2.48. The van der Waals surface area contributed by atoms with Crippen LogP contribution < -0.4 is 5.32 Å². The monoisotopic (exact) mass is 331 g/mol. The van der Waals surface area contributed by atoms with E-state index in [0.717, 1.165) is 37.9 Å². The maximum atomic E-state index is 12.8. The molecule has 1 aromatic heterocycles. The zero-order chi connectivity index (χ0) is 16.6. The summed E-state index contributed by atoms with van der Waals surface area (Å²) in [7, 11) is 0. The van der Waals surface area contributed by atoms with Gasteiger partial charge < -0.3 is 15.0 Å². The highest BCUT2D eigenvalue weighted by Crippen LogP contribution is 2.24. The van der Waals surface area contributed by atoms with Crippen molar-refractivity contribution >= 4 is 6.03 Å². The minimum Gasteiger partial charge on any atom is -0.376 e. The first-order valence-corrected chi connectivity index (χ1v) is 9.38. The van der Waals surface area contributed by atoms with Crippen molar-refractivity contribution in [2.75, 3.05) is 13.2 Å². The summed E-state index contributed by atoms with van der Waals surface area (Å²) in [5.74, 6) is 0. The Labute approximate surface area is 144 Å². The summed E-state index contributed by atoms with van der Waals surface area (Å²) < 4.78 is 5.73. The van der Waals surface area contributed by atoms with Crippen LogP contribution in [0.25, 0.3) is 0 Å². The zero-order valence-corrected chi connectivity index (χ0v) is 14.5. The van der Waals surface area contributed by atoms with Crippen molar-refractivity contribution in [3.05, 3.63) is 30.1 Å². The number of nitrogens with one attached hydrogen (secondary N) is 1. The Morgan fingerprint density at radius 2 is 1.88 bits per heavy atom. The Kier molecular flexibility index (Phi) is 6.47. The SMILES string of the molecule is O=C(NC[C@@H]1CCCCO1)N(Cc1ccncc1)C1CCCCC1. The number of rotatable bonds is 5. The van der Waals surface area contributed by atoms with Gasteiger partial charge in [-0.15, -0.1) is 0 Å². The van der Waals surface area contributed by atoms with Gasteiger partial charge in [0.1, 0.15) is 0 Å². The van der Waals surface area contributed by atoms with Gasteiger partial charge in [-0.05, 0) is 49.8 Å². The fourth-order valence-corrected chi connectivity index (χ4v) is 3.72. The van der Waals surface area contributed by atoms with E-state index in [4.69, 9.17) is 4.74 Å². The molecule has 0 bridgehead atoms. The van der Waals surface area contributed by atoms with Crippen molar-refractivity contribution in [1.29, 1.82) is 0 Å². The minimum atomic E-state index is 0.0490. The highest BCUT2D eigenvalue weighted by atomic mass is 16.5. The van der Waals surface area contributed by atoms with Crippen LogP contribution in [-0.4, -0.2) is 41.2 Å². The summed E-state index contributed by atoms with van der Waals surface area (Å²) in [5.41, 5.74) is 1.14. The van der Waals surface area contributed by atoms with Crippen LogP contribution in [0.1, 0.15) is 56.9 Å². The standard InChI is InChI=1S/C19H29N3O2/c23-19(21-14-18-8-4-5-13-24-18)22(17-6-2-1-3-7-17)15-16-9-11-20-12-10-16/h9-12,17-18H,1-8,13-15H2,(H,21,23)/t18-/m0/s1. The van der Waals surface area contributed by atoms with Crippen LogP contribution in [0.3, 0.4) is 0 Å². The van der Waals surface area contributed by atoms with Crippen molar-refractivity contribution in [2.24, 2.45) is 0 Å². The first kappa shape index (κ1) is 17.2. The van der Waals surface area contributed by atoms with Crippen LogP contribution in [0.15, 0.2) is 24.5 Å². The minimum absolute atomic E-state index is 0.0490. The largest absolute Gasteiger partial charge is 0.376 e. The fraction of sp³-hybridized carbons (Fsp3) is 0.684. The van der Waals surface area contributed by atoms with Crippen molar-refractivity contribution in [2.45, 2.75) is 70.1 Å². The number of amides is 2. The number of carbonyl (C=O) groups excluding carboxylic acids is 1. The van der Waals surface area contributed by atoms with E-state index in [1.54, 1.807) is 12.4 Å². The summed E-state index contributed by atoms with van der Waals surface area (Å²) in [5, 5.41) is 3.12. The topological polar surface area (TPSA) is 54.5 Å². The molecule has 2 fully saturated rings. The molecule has 132 valence electrons. The Bertz CT molecular complexity index is 497. The molecule has 24 heavy (non-hydrogen) atoms. The zero-order valence-electron chi connectivity index (χ0n) is 14.5. The summed E-state index contributed by atoms with van der Waals surface area (Å²) in [6, 6.07) is 4.38. The molecule has 0 unspecified atom stereocenters. The van der Waals surface area contributed by atoms with E-state index in [0.29, 0.717) is 19.1 Å². The quantitative estimate of drug-likeness (QED) is 0.898. The number of carbonyl (C=O) groups is 1. The second-order valence-corrected chi connectivity index (χ2v) is 6.95. The second-order valence-electron chi connectivity index (χ2n) is 6.95. The molecule has 1 aromatic rings. The maximum absolute atomic E-state index is 12.8. The van der Waals surface area contributed by atoms with Crippen LogP contribution in [0.2, 0.25) is 0 Å². The highest BCUT2D eigenvalue weighted by molar-refractivity contribution is 5.74. The molecule has 2 amide bonds. The number of pyridine rings is 1. The van der Waals surface area contributed by atoms with Crippen LogP contribution >= 0.6 is 0 Å². The molecule has 0 radical (unpaired) electrons. The van der Waals surface area contributed by atoms with E-state index in [1.165, 1.54) is 25.7 Å². The first-order chi connectivity index (χ1) is 11.8. The van der Waals surface area contributed by atoms with Crippen LogP contribution in [0.4, 0.5) is 4.79 Å². The molecule has 5 nitrogen and oxygen atoms in total. The van der Waals surface area contributed by atoms with Gasteiger partial charge in [0.25, 0.3) is 0 Å². The van der Waals surface area contributed by atoms with Crippen molar-refractivity contribution < 1.29 is 9.53 Å². The van der Waals surface area contributed by atoms with Gasteiger partial charge in [-0.1, -0.05) is 19.3 Å². The third-order valence-corrected chi connectivity index (χ3v) is 5.13. The van der Waals surface area contributed by atoms with Crippen LogP contribution in [0.5, 0.6) is 0 Å². The maximum Gasteiger partial charge on any atom is 0.318 e. The summed E-state index contributed by atoms with van der Waals surface area (Å²) in [6.45, 7) is 2.10. The van der Waals surface area contributed by atoms with Gasteiger partial charge in [-0.2, -0.15) is 0 Å². The molecule has 2 aliphatic rings. The third kappa shape index (κ3) is 4.94. The van der Waals surface area contributed by atoms with Gasteiger partial charge in [0.05, 0.1) is 6.10 Å². The Balaban J connectivity index is 1.60. The smallest absolute Gasteiger partial charge is 0.318 e. The van der Waals surface area contributed by atoms with Gasteiger partial charge in [0, 0.05) is 38.1 Å². The second kappa shape index (κ2) is 9.02. The number of hydrogen-bond acceptors (Lipinski definition) is 3. The van der Waals surface area contributed by atoms with Gasteiger partial charge in [0.15, 0.2) is 0 Å². The lowest BCUT2D eigenvalue weighted by atomic mass is 9.94. The van der Waals surface area contributed by atoms with Crippen LogP contribution in [0, 0.1) is 0 Å². The molecule has 1 saturated carbocycles. The normalized spacial score (nSPS) is 22.1. The number of nitrogens with zero attached hydrogens (tertiary/aromatic N) is 2. The van der Waals surface area contributed by atoms with Gasteiger partial charge >= 0.3 is 6.03 Å². The van der Waals surface area contributed by atoms with Crippen molar-refractivity contribution in [3.8, 4) is 0 Å². The Morgan fingerprint density at radius 1 is 1.12 bits per heavy atom. The lowest BCUT2D eigenvalue weighted by Gasteiger charge is -2.35. The molecular formula is C19H29N3O2. The predicted molar refractivity (Wildman–Crippen MR) is 93.6 cm³/mol. The molecule has 0 spiro atoms. The molecule has 1 atom stereocenters. The predicted octanol–water partition coefficient (Wildman–Crippen LogP) is 3.50. The number of urea groups is 1. The number of ether oxygens (including phenoxy) is 1. The lowest BCUT2D eigenvalue weighted by molar-refractivity contribution is 0.0172. The number of aromatic nitrogens is 1. The van der Waals surface area contributed by atoms with E-state index >= 15 is 0 Å². The molecule has 5 heteroatoms. The van der Waals surface area contributed by atoms with Crippen LogP contribution in [-0.2, 0) is 11.3 Å². The summed E-state index contributed by atoms with van der Waals surface area (Å²) in [4.78, 5) is 18.9. The molecule has 1 saturated heterocycles. The van der Waals surface area contributed by atoms with E-state index in [-0.39, 0.29) is 12.1 Å². The molecule has 0 aromatic carbocycles. The molecule has 1 aliphatic carbocycles. The molecular weight excluding hydrogens is 302 g/mol. The fourth-order valence-electron chi connectivity index (χ4n) is 3.72. The average molecular weight is 331 g/mol. The van der Waals surface area contributed by atoms with Crippen molar-refractivity contribution in [1.82, 2.24) is 15.2 Å². The molecule has 1 N–H and O–H groups in total. The molecule has 3 rings (SSSR count). The molecule has 2 heterocycles. The van der Waals surface area contributed by atoms with E-state index in [9.17, 15) is 4.79 Å². The van der Waals surface area contributed by atoms with Gasteiger partial charge in [0.2, 0.25) is 0 Å². The molecule has 1 aliphatic heterocycles. The summed E-state index contributed by atoms with van der Waals surface area (Å²) in [6.07, 6.45) is 13.1. The highest BCUT2D eigenvalue weighted by Gasteiger charge is 2.26. The Morgan fingerprint density at radius 3 is 2.58 bits per heavy atom. The van der Waals surface area contributed by atoms with E-state index < -0.39 is 0 Å². The van der Waals surface area contributed by atoms with Crippen molar-refractivity contribution in [3.63, 3.8) is 0 Å². The average Bonchev–Trinajstić information content (AvgIpc) is 2.66. The van der Waals surface area contributed by atoms with Gasteiger partial charge in [-0.3, -0.25) is 4.98 Å². The first-order valence-electron chi connectivity index (χ1n) is 9.38. The van der Waals surface area contributed by atoms with E-state index in [1.807, 2.05) is 17.0 Å².